The molecule has 2 heterocycles. The first-order valence-corrected chi connectivity index (χ1v) is 4.31. The Morgan fingerprint density at radius 3 is 3.07 bits per heavy atom. The van der Waals surface area contributed by atoms with Crippen molar-refractivity contribution in [3.8, 4) is 11.4 Å². The highest BCUT2D eigenvalue weighted by atomic mass is 16.3. The molecule has 0 aliphatic carbocycles. The van der Waals surface area contributed by atoms with Crippen LogP contribution in [-0.2, 0) is 6.54 Å². The summed E-state index contributed by atoms with van der Waals surface area (Å²) in [6, 6.07) is 3.73. The van der Waals surface area contributed by atoms with Crippen LogP contribution in [0.15, 0.2) is 30.9 Å². The van der Waals surface area contributed by atoms with Crippen LogP contribution in [0.2, 0.25) is 0 Å². The van der Waals surface area contributed by atoms with E-state index in [4.69, 9.17) is 5.11 Å². The SMILES string of the molecule is OCCn1cnc(-c2cccnc2)n1. The summed E-state index contributed by atoms with van der Waals surface area (Å²) in [6.07, 6.45) is 5.01. The van der Waals surface area contributed by atoms with Gasteiger partial charge in [-0.2, -0.15) is 5.10 Å². The van der Waals surface area contributed by atoms with Crippen LogP contribution in [0.4, 0.5) is 0 Å². The number of aromatic nitrogens is 4. The van der Waals surface area contributed by atoms with Gasteiger partial charge in [0.2, 0.25) is 0 Å². The van der Waals surface area contributed by atoms with Crippen LogP contribution in [0.5, 0.6) is 0 Å². The summed E-state index contributed by atoms with van der Waals surface area (Å²) in [5.41, 5.74) is 0.879. The Morgan fingerprint density at radius 1 is 1.43 bits per heavy atom. The first kappa shape index (κ1) is 8.83. The molecule has 2 rings (SSSR count). The van der Waals surface area contributed by atoms with Crippen molar-refractivity contribution in [1.82, 2.24) is 19.7 Å². The van der Waals surface area contributed by atoms with Crippen LogP contribution in [0, 0.1) is 0 Å². The summed E-state index contributed by atoms with van der Waals surface area (Å²) in [6.45, 7) is 0.531. The fraction of sp³-hybridized carbons (Fsp3) is 0.222. The molecule has 0 aliphatic heterocycles. The van der Waals surface area contributed by atoms with Crippen molar-refractivity contribution in [3.05, 3.63) is 30.9 Å². The van der Waals surface area contributed by atoms with Gasteiger partial charge in [-0.3, -0.25) is 9.67 Å². The van der Waals surface area contributed by atoms with Crippen LogP contribution >= 0.6 is 0 Å². The van der Waals surface area contributed by atoms with Crippen LogP contribution in [0.3, 0.4) is 0 Å². The molecule has 0 saturated heterocycles. The van der Waals surface area contributed by atoms with E-state index in [1.165, 1.54) is 0 Å². The second-order valence-electron chi connectivity index (χ2n) is 2.80. The lowest BCUT2D eigenvalue weighted by Gasteiger charge is -1.94. The van der Waals surface area contributed by atoms with Gasteiger partial charge in [0.25, 0.3) is 0 Å². The molecule has 0 atom stereocenters. The van der Waals surface area contributed by atoms with Crippen molar-refractivity contribution in [2.24, 2.45) is 0 Å². The fourth-order valence-electron chi connectivity index (χ4n) is 1.13. The van der Waals surface area contributed by atoms with Crippen molar-refractivity contribution in [2.75, 3.05) is 6.61 Å². The van der Waals surface area contributed by atoms with Gasteiger partial charge >= 0.3 is 0 Å². The van der Waals surface area contributed by atoms with E-state index in [2.05, 4.69) is 15.1 Å². The Hall–Kier alpha value is -1.75. The molecule has 0 saturated carbocycles. The van der Waals surface area contributed by atoms with Crippen LogP contribution in [0.1, 0.15) is 0 Å². The largest absolute Gasteiger partial charge is 0.394 e. The third kappa shape index (κ3) is 1.77. The average molecular weight is 190 g/mol. The zero-order chi connectivity index (χ0) is 9.80. The average Bonchev–Trinajstić information content (AvgIpc) is 2.68. The summed E-state index contributed by atoms with van der Waals surface area (Å²) in [5, 5.41) is 12.9. The molecule has 0 fully saturated rings. The van der Waals surface area contributed by atoms with E-state index in [9.17, 15) is 0 Å². The second kappa shape index (κ2) is 3.97. The predicted octanol–water partition coefficient (Wildman–Crippen LogP) is 0.332. The predicted molar refractivity (Wildman–Crippen MR) is 50.3 cm³/mol. The van der Waals surface area contributed by atoms with Gasteiger partial charge in [0.15, 0.2) is 5.82 Å². The van der Waals surface area contributed by atoms with E-state index >= 15 is 0 Å². The third-order valence-electron chi connectivity index (χ3n) is 1.79. The van der Waals surface area contributed by atoms with Gasteiger partial charge < -0.3 is 5.11 Å². The number of hydrogen-bond acceptors (Lipinski definition) is 4. The van der Waals surface area contributed by atoms with E-state index in [1.54, 1.807) is 23.4 Å². The molecule has 0 spiro atoms. The van der Waals surface area contributed by atoms with E-state index in [0.29, 0.717) is 12.4 Å². The molecule has 0 bridgehead atoms. The van der Waals surface area contributed by atoms with Gasteiger partial charge in [0.05, 0.1) is 13.2 Å². The topological polar surface area (TPSA) is 63.8 Å². The van der Waals surface area contributed by atoms with Crippen molar-refractivity contribution < 1.29 is 5.11 Å². The lowest BCUT2D eigenvalue weighted by atomic mass is 10.3. The minimum absolute atomic E-state index is 0.0653. The highest BCUT2D eigenvalue weighted by molar-refractivity contribution is 5.51. The van der Waals surface area contributed by atoms with Gasteiger partial charge in [-0.05, 0) is 12.1 Å². The molecule has 0 amide bonds. The molecule has 0 radical (unpaired) electrons. The summed E-state index contributed by atoms with van der Waals surface area (Å²) < 4.78 is 1.60. The normalized spacial score (nSPS) is 10.4. The number of pyridine rings is 1. The van der Waals surface area contributed by atoms with Crippen molar-refractivity contribution in [1.29, 1.82) is 0 Å². The van der Waals surface area contributed by atoms with Crippen LogP contribution in [-0.4, -0.2) is 31.5 Å². The minimum Gasteiger partial charge on any atom is -0.394 e. The molecule has 2 aromatic rings. The zero-order valence-electron chi connectivity index (χ0n) is 7.54. The van der Waals surface area contributed by atoms with E-state index in [-0.39, 0.29) is 6.61 Å². The van der Waals surface area contributed by atoms with Gasteiger partial charge in [-0.15, -0.1) is 0 Å². The molecular formula is C9H10N4O. The zero-order valence-corrected chi connectivity index (χ0v) is 7.54. The maximum atomic E-state index is 8.70. The monoisotopic (exact) mass is 190 g/mol. The lowest BCUT2D eigenvalue weighted by molar-refractivity contribution is 0.269. The van der Waals surface area contributed by atoms with Crippen LogP contribution < -0.4 is 0 Å². The smallest absolute Gasteiger partial charge is 0.182 e. The maximum absolute atomic E-state index is 8.70. The number of aliphatic hydroxyl groups is 1. The maximum Gasteiger partial charge on any atom is 0.182 e. The summed E-state index contributed by atoms with van der Waals surface area (Å²) >= 11 is 0. The molecule has 0 aromatic carbocycles. The van der Waals surface area contributed by atoms with Gasteiger partial charge in [-0.1, -0.05) is 0 Å². The minimum atomic E-state index is 0.0653. The van der Waals surface area contributed by atoms with Crippen molar-refractivity contribution in [2.45, 2.75) is 6.54 Å². The Labute approximate surface area is 81.1 Å². The summed E-state index contributed by atoms with van der Waals surface area (Å²) in [4.78, 5) is 8.08. The van der Waals surface area contributed by atoms with Gasteiger partial charge in [0.1, 0.15) is 6.33 Å². The first-order valence-electron chi connectivity index (χ1n) is 4.31. The fourth-order valence-corrected chi connectivity index (χ4v) is 1.13. The van der Waals surface area contributed by atoms with Crippen LogP contribution in [0.25, 0.3) is 11.4 Å². The quantitative estimate of drug-likeness (QED) is 0.757. The highest BCUT2D eigenvalue weighted by Crippen LogP contribution is 2.10. The molecular weight excluding hydrogens is 180 g/mol. The van der Waals surface area contributed by atoms with E-state index in [1.807, 2.05) is 12.1 Å². The van der Waals surface area contributed by atoms with Gasteiger partial charge in [-0.25, -0.2) is 4.98 Å². The second-order valence-corrected chi connectivity index (χ2v) is 2.80. The number of hydrogen-bond donors (Lipinski definition) is 1. The summed E-state index contributed by atoms with van der Waals surface area (Å²) in [7, 11) is 0. The lowest BCUT2D eigenvalue weighted by Crippen LogP contribution is -2.02. The number of nitrogens with zero attached hydrogens (tertiary/aromatic N) is 4. The third-order valence-corrected chi connectivity index (χ3v) is 1.79. The van der Waals surface area contributed by atoms with Crippen molar-refractivity contribution in [3.63, 3.8) is 0 Å². The number of rotatable bonds is 3. The molecule has 0 aliphatic rings. The molecule has 2 aromatic heterocycles. The molecule has 72 valence electrons. The van der Waals surface area contributed by atoms with Crippen molar-refractivity contribution >= 4 is 0 Å². The number of aliphatic hydroxyl groups excluding tert-OH is 1. The standard InChI is InChI=1S/C9H10N4O/c14-5-4-13-7-11-9(12-13)8-2-1-3-10-6-8/h1-3,6-7,14H,4-5H2. The Bertz CT molecular complexity index is 398. The molecule has 5 heteroatoms. The molecule has 5 nitrogen and oxygen atoms in total. The van der Waals surface area contributed by atoms with E-state index < -0.39 is 0 Å². The highest BCUT2D eigenvalue weighted by Gasteiger charge is 2.02. The summed E-state index contributed by atoms with van der Waals surface area (Å²) in [5.74, 6) is 0.631. The Kier molecular flexibility index (Phi) is 2.51. The molecule has 0 unspecified atom stereocenters. The molecule has 14 heavy (non-hydrogen) atoms. The first-order chi connectivity index (χ1) is 6.90. The Balaban J connectivity index is 2.25. The Morgan fingerprint density at radius 2 is 2.36 bits per heavy atom. The van der Waals surface area contributed by atoms with E-state index in [0.717, 1.165) is 5.56 Å². The molecule has 1 N–H and O–H groups in total. The van der Waals surface area contributed by atoms with Gasteiger partial charge in [0, 0.05) is 18.0 Å².